The minimum Gasteiger partial charge on any atom is -0.385 e. The molecule has 0 radical (unpaired) electrons. The van der Waals surface area contributed by atoms with Crippen LogP contribution in [0.2, 0.25) is 5.02 Å². The molecule has 1 unspecified atom stereocenters. The lowest BCUT2D eigenvalue weighted by Gasteiger charge is -2.26. The second kappa shape index (κ2) is 5.78. The molecule has 0 aromatic heterocycles. The monoisotopic (exact) mass is 300 g/mol. The van der Waals surface area contributed by atoms with E-state index in [1.54, 1.807) is 0 Å². The van der Waals surface area contributed by atoms with Crippen molar-refractivity contribution in [3.8, 4) is 0 Å². The van der Waals surface area contributed by atoms with E-state index in [0.29, 0.717) is 10.7 Å². The fourth-order valence-corrected chi connectivity index (χ4v) is 2.96. The van der Waals surface area contributed by atoms with Crippen molar-refractivity contribution in [3.63, 3.8) is 0 Å². The van der Waals surface area contributed by atoms with Crippen LogP contribution in [-0.4, -0.2) is 12.5 Å². The Balaban J connectivity index is 1.83. The number of carbonyl (C=O) groups is 1. The quantitative estimate of drug-likeness (QED) is 0.873. The number of fused-ring (bicyclic) bond motifs is 1. The molecule has 21 heavy (non-hydrogen) atoms. The Morgan fingerprint density at radius 2 is 2.10 bits per heavy atom. The Morgan fingerprint density at radius 1 is 1.29 bits per heavy atom. The molecule has 0 bridgehead atoms. The number of halogens is 1. The highest BCUT2D eigenvalue weighted by Crippen LogP contribution is 2.33. The van der Waals surface area contributed by atoms with Crippen LogP contribution in [0.5, 0.6) is 0 Å². The summed E-state index contributed by atoms with van der Waals surface area (Å²) in [4.78, 5) is 12.6. The summed E-state index contributed by atoms with van der Waals surface area (Å²) in [6, 6.07) is 13.6. The van der Waals surface area contributed by atoms with Crippen molar-refractivity contribution in [2.24, 2.45) is 0 Å². The Kier molecular flexibility index (Phi) is 3.84. The standard InChI is InChI=1S/C17H17ClN2O/c1-11-6-7-16(14(18)10-11)20-17(21)13-8-9-19-15-5-3-2-4-12(13)15/h2-7,10,13,19H,8-9H2,1H3,(H,20,21). The average molecular weight is 301 g/mol. The van der Waals surface area contributed by atoms with Crippen LogP contribution in [0, 0.1) is 6.92 Å². The molecule has 0 saturated heterocycles. The SMILES string of the molecule is Cc1ccc(NC(=O)C2CCNc3ccccc32)c(Cl)c1. The molecule has 2 aromatic rings. The number of anilines is 2. The van der Waals surface area contributed by atoms with Gasteiger partial charge in [0.25, 0.3) is 0 Å². The molecule has 0 fully saturated rings. The summed E-state index contributed by atoms with van der Waals surface area (Å²) in [7, 11) is 0. The molecule has 2 aromatic carbocycles. The number of nitrogens with one attached hydrogen (secondary N) is 2. The van der Waals surface area contributed by atoms with Crippen molar-refractivity contribution in [1.82, 2.24) is 0 Å². The molecule has 3 nitrogen and oxygen atoms in total. The Bertz CT molecular complexity index is 684. The molecule has 0 saturated carbocycles. The first-order valence-electron chi connectivity index (χ1n) is 7.05. The van der Waals surface area contributed by atoms with E-state index in [9.17, 15) is 4.79 Å². The molecule has 0 spiro atoms. The van der Waals surface area contributed by atoms with Crippen LogP contribution in [0.1, 0.15) is 23.5 Å². The number of aryl methyl sites for hydroxylation is 1. The first-order chi connectivity index (χ1) is 10.1. The predicted octanol–water partition coefficient (Wildman–Crippen LogP) is 4.19. The van der Waals surface area contributed by atoms with Gasteiger partial charge in [-0.3, -0.25) is 4.79 Å². The summed E-state index contributed by atoms with van der Waals surface area (Å²) in [5, 5.41) is 6.85. The van der Waals surface area contributed by atoms with Gasteiger partial charge in [0, 0.05) is 12.2 Å². The lowest BCUT2D eigenvalue weighted by atomic mass is 9.90. The number of hydrogen-bond acceptors (Lipinski definition) is 2. The molecular weight excluding hydrogens is 284 g/mol. The van der Waals surface area contributed by atoms with Crippen molar-refractivity contribution >= 4 is 28.9 Å². The van der Waals surface area contributed by atoms with Crippen molar-refractivity contribution in [3.05, 3.63) is 58.6 Å². The van der Waals surface area contributed by atoms with Crippen molar-refractivity contribution in [1.29, 1.82) is 0 Å². The number of hydrogen-bond donors (Lipinski definition) is 2. The van der Waals surface area contributed by atoms with E-state index in [-0.39, 0.29) is 11.8 Å². The second-order valence-electron chi connectivity index (χ2n) is 5.33. The molecule has 2 N–H and O–H groups in total. The van der Waals surface area contributed by atoms with Crippen LogP contribution in [0.3, 0.4) is 0 Å². The summed E-state index contributed by atoms with van der Waals surface area (Å²) in [6.07, 6.45) is 0.784. The average Bonchev–Trinajstić information content (AvgIpc) is 2.49. The molecule has 108 valence electrons. The maximum absolute atomic E-state index is 12.6. The summed E-state index contributed by atoms with van der Waals surface area (Å²) < 4.78 is 0. The van der Waals surface area contributed by atoms with Gasteiger partial charge in [-0.2, -0.15) is 0 Å². The minimum absolute atomic E-state index is 0.00490. The summed E-state index contributed by atoms with van der Waals surface area (Å²) in [5.74, 6) is -0.144. The normalized spacial score (nSPS) is 16.8. The predicted molar refractivity (Wildman–Crippen MR) is 87.1 cm³/mol. The third kappa shape index (κ3) is 2.88. The summed E-state index contributed by atoms with van der Waals surface area (Å²) in [5.41, 5.74) is 3.83. The number of amides is 1. The molecule has 3 rings (SSSR count). The fraction of sp³-hybridized carbons (Fsp3) is 0.235. The minimum atomic E-state index is -0.139. The number of carbonyl (C=O) groups excluding carboxylic acids is 1. The number of para-hydroxylation sites is 1. The lowest BCUT2D eigenvalue weighted by Crippen LogP contribution is -2.27. The Morgan fingerprint density at radius 3 is 2.90 bits per heavy atom. The second-order valence-corrected chi connectivity index (χ2v) is 5.74. The number of rotatable bonds is 2. The summed E-state index contributed by atoms with van der Waals surface area (Å²) >= 11 is 6.19. The van der Waals surface area contributed by atoms with E-state index >= 15 is 0 Å². The Hall–Kier alpha value is -2.00. The zero-order valence-electron chi connectivity index (χ0n) is 11.8. The van der Waals surface area contributed by atoms with Gasteiger partial charge >= 0.3 is 0 Å². The van der Waals surface area contributed by atoms with Crippen LogP contribution in [0.25, 0.3) is 0 Å². The Labute approximate surface area is 129 Å². The van der Waals surface area contributed by atoms with Gasteiger partial charge in [0.05, 0.1) is 16.6 Å². The topological polar surface area (TPSA) is 41.1 Å². The summed E-state index contributed by atoms with van der Waals surface area (Å²) in [6.45, 7) is 2.78. The smallest absolute Gasteiger partial charge is 0.232 e. The first kappa shape index (κ1) is 14.0. The van der Waals surface area contributed by atoms with Crippen LogP contribution in [-0.2, 0) is 4.79 Å². The maximum Gasteiger partial charge on any atom is 0.232 e. The van der Waals surface area contributed by atoms with E-state index in [0.717, 1.165) is 29.8 Å². The van der Waals surface area contributed by atoms with Crippen LogP contribution in [0.4, 0.5) is 11.4 Å². The van der Waals surface area contributed by atoms with Crippen molar-refractivity contribution < 1.29 is 4.79 Å². The van der Waals surface area contributed by atoms with Gasteiger partial charge in [-0.15, -0.1) is 0 Å². The highest BCUT2D eigenvalue weighted by atomic mass is 35.5. The molecule has 1 atom stereocenters. The first-order valence-corrected chi connectivity index (χ1v) is 7.43. The lowest BCUT2D eigenvalue weighted by molar-refractivity contribution is -0.117. The molecule has 1 aliphatic heterocycles. The van der Waals surface area contributed by atoms with Gasteiger partial charge in [0.1, 0.15) is 0 Å². The van der Waals surface area contributed by atoms with Gasteiger partial charge < -0.3 is 10.6 Å². The van der Waals surface area contributed by atoms with Gasteiger partial charge in [-0.05, 0) is 42.7 Å². The van der Waals surface area contributed by atoms with E-state index in [4.69, 9.17) is 11.6 Å². The van der Waals surface area contributed by atoms with E-state index < -0.39 is 0 Å². The fourth-order valence-electron chi connectivity index (χ4n) is 2.68. The molecule has 4 heteroatoms. The highest BCUT2D eigenvalue weighted by molar-refractivity contribution is 6.33. The van der Waals surface area contributed by atoms with Crippen LogP contribution < -0.4 is 10.6 Å². The maximum atomic E-state index is 12.6. The van der Waals surface area contributed by atoms with Gasteiger partial charge in [0.2, 0.25) is 5.91 Å². The van der Waals surface area contributed by atoms with Crippen LogP contribution >= 0.6 is 11.6 Å². The van der Waals surface area contributed by atoms with Gasteiger partial charge in [-0.25, -0.2) is 0 Å². The van der Waals surface area contributed by atoms with E-state index in [1.165, 1.54) is 0 Å². The number of benzene rings is 2. The zero-order valence-corrected chi connectivity index (χ0v) is 12.6. The molecule has 1 aliphatic rings. The molecule has 0 aliphatic carbocycles. The van der Waals surface area contributed by atoms with Crippen molar-refractivity contribution in [2.45, 2.75) is 19.3 Å². The van der Waals surface area contributed by atoms with Gasteiger partial charge in [-0.1, -0.05) is 35.9 Å². The van der Waals surface area contributed by atoms with Crippen molar-refractivity contribution in [2.75, 3.05) is 17.2 Å². The highest BCUT2D eigenvalue weighted by Gasteiger charge is 2.26. The third-order valence-corrected chi connectivity index (χ3v) is 4.10. The third-order valence-electron chi connectivity index (χ3n) is 3.78. The van der Waals surface area contributed by atoms with E-state index in [2.05, 4.69) is 10.6 Å². The zero-order chi connectivity index (χ0) is 14.8. The van der Waals surface area contributed by atoms with Gasteiger partial charge in [0.15, 0.2) is 0 Å². The van der Waals surface area contributed by atoms with Crippen LogP contribution in [0.15, 0.2) is 42.5 Å². The largest absolute Gasteiger partial charge is 0.385 e. The van der Waals surface area contributed by atoms with E-state index in [1.807, 2.05) is 49.4 Å². The molecular formula is C17H17ClN2O. The molecule has 1 heterocycles. The molecule has 1 amide bonds.